The molecule has 0 aliphatic carbocycles. The Bertz CT molecular complexity index is 641. The van der Waals surface area contributed by atoms with Gasteiger partial charge < -0.3 is 10.2 Å². The topological polar surface area (TPSA) is 62.3 Å². The van der Waals surface area contributed by atoms with Crippen molar-refractivity contribution in [3.05, 3.63) is 60.1 Å². The second-order valence-corrected chi connectivity index (χ2v) is 5.83. The molecular weight excluding hydrogens is 310 g/mol. The van der Waals surface area contributed by atoms with Crippen molar-refractivity contribution < 1.29 is 9.59 Å². The lowest BCUT2D eigenvalue weighted by Gasteiger charge is -2.20. The number of rotatable bonds is 8. The quantitative estimate of drug-likeness (QED) is 0.758. The Morgan fingerprint density at radius 2 is 2.09 bits per heavy atom. The highest BCUT2D eigenvalue weighted by Crippen LogP contribution is 2.10. The van der Waals surface area contributed by atoms with Gasteiger partial charge in [-0.05, 0) is 12.0 Å². The molecule has 0 aliphatic rings. The summed E-state index contributed by atoms with van der Waals surface area (Å²) in [5.74, 6) is -0.321. The van der Waals surface area contributed by atoms with Crippen LogP contribution in [0.2, 0.25) is 0 Å². The van der Waals surface area contributed by atoms with Crippen LogP contribution in [-0.2, 0) is 16.0 Å². The molecule has 0 atom stereocenters. The van der Waals surface area contributed by atoms with Crippen LogP contribution < -0.4 is 5.32 Å². The summed E-state index contributed by atoms with van der Waals surface area (Å²) in [6, 6.07) is 9.81. The van der Waals surface area contributed by atoms with E-state index in [2.05, 4.69) is 16.9 Å². The van der Waals surface area contributed by atoms with Crippen LogP contribution in [0.5, 0.6) is 0 Å². The fraction of sp³-hybridized carbons (Fsp3) is 0.235. The lowest BCUT2D eigenvalue weighted by molar-refractivity contribution is -0.134. The summed E-state index contributed by atoms with van der Waals surface area (Å²) in [6.07, 6.45) is 4.26. The number of thiazole rings is 1. The molecule has 0 saturated heterocycles. The Morgan fingerprint density at radius 3 is 2.74 bits per heavy atom. The highest BCUT2D eigenvalue weighted by atomic mass is 32.1. The van der Waals surface area contributed by atoms with Crippen LogP contribution in [0.1, 0.15) is 12.0 Å². The van der Waals surface area contributed by atoms with Crippen LogP contribution in [0.25, 0.3) is 0 Å². The van der Waals surface area contributed by atoms with Crippen LogP contribution in [0.3, 0.4) is 0 Å². The zero-order valence-corrected chi connectivity index (χ0v) is 13.6. The molecule has 1 heterocycles. The minimum Gasteiger partial charge on any atom is -0.330 e. The number of hydrogen-bond donors (Lipinski definition) is 1. The minimum atomic E-state index is -0.255. The van der Waals surface area contributed by atoms with Gasteiger partial charge in [-0.3, -0.25) is 9.59 Å². The van der Waals surface area contributed by atoms with E-state index < -0.39 is 0 Å². The van der Waals surface area contributed by atoms with Gasteiger partial charge in [-0.15, -0.1) is 17.9 Å². The first-order valence-electron chi connectivity index (χ1n) is 7.31. The molecule has 2 aromatic rings. The Kier molecular flexibility index (Phi) is 6.50. The molecule has 0 radical (unpaired) electrons. The number of aryl methyl sites for hydroxylation is 1. The predicted molar refractivity (Wildman–Crippen MR) is 92.3 cm³/mol. The van der Waals surface area contributed by atoms with Gasteiger partial charge in [0, 0.05) is 24.5 Å². The first kappa shape index (κ1) is 16.9. The van der Waals surface area contributed by atoms with Gasteiger partial charge in [0.05, 0.1) is 0 Å². The van der Waals surface area contributed by atoms with Gasteiger partial charge in [0.25, 0.3) is 0 Å². The van der Waals surface area contributed by atoms with Gasteiger partial charge >= 0.3 is 0 Å². The summed E-state index contributed by atoms with van der Waals surface area (Å²) in [5.41, 5.74) is 1.10. The van der Waals surface area contributed by atoms with Crippen molar-refractivity contribution in [2.75, 3.05) is 18.4 Å². The molecule has 1 aromatic heterocycles. The molecule has 2 amide bonds. The lowest BCUT2D eigenvalue weighted by atomic mass is 10.1. The molecule has 5 nitrogen and oxygen atoms in total. The molecule has 1 N–H and O–H groups in total. The van der Waals surface area contributed by atoms with Crippen molar-refractivity contribution >= 4 is 28.3 Å². The van der Waals surface area contributed by atoms with Crippen molar-refractivity contribution in [1.82, 2.24) is 9.88 Å². The van der Waals surface area contributed by atoms with E-state index in [1.807, 2.05) is 30.3 Å². The average molecular weight is 329 g/mol. The molecule has 6 heteroatoms. The molecular formula is C17H19N3O2S. The fourth-order valence-corrected chi connectivity index (χ4v) is 2.63. The fourth-order valence-electron chi connectivity index (χ4n) is 2.08. The maximum atomic E-state index is 12.3. The number of anilines is 1. The normalized spacial score (nSPS) is 10.1. The molecule has 0 unspecified atom stereocenters. The minimum absolute atomic E-state index is 0.000771. The number of nitrogens with zero attached hydrogens (tertiary/aromatic N) is 2. The molecule has 120 valence electrons. The maximum Gasteiger partial charge on any atom is 0.245 e. The van der Waals surface area contributed by atoms with Crippen LogP contribution in [0.4, 0.5) is 5.13 Å². The van der Waals surface area contributed by atoms with Crippen molar-refractivity contribution in [3.8, 4) is 0 Å². The Labute approximate surface area is 139 Å². The smallest absolute Gasteiger partial charge is 0.245 e. The van der Waals surface area contributed by atoms with Crippen LogP contribution in [0.15, 0.2) is 54.6 Å². The summed E-state index contributed by atoms with van der Waals surface area (Å²) in [6.45, 7) is 3.99. The van der Waals surface area contributed by atoms with Crippen LogP contribution in [-0.4, -0.2) is 34.8 Å². The third kappa shape index (κ3) is 5.67. The Morgan fingerprint density at radius 1 is 1.30 bits per heavy atom. The number of carbonyl (C=O) groups is 2. The van der Waals surface area contributed by atoms with Crippen LogP contribution in [0, 0.1) is 0 Å². The van der Waals surface area contributed by atoms with Crippen molar-refractivity contribution in [1.29, 1.82) is 0 Å². The predicted octanol–water partition coefficient (Wildman–Crippen LogP) is 2.73. The van der Waals surface area contributed by atoms with Crippen molar-refractivity contribution in [2.24, 2.45) is 0 Å². The SMILES string of the molecule is C=CCN(CC(=O)Nc1nccs1)C(=O)CCc1ccccc1. The first-order valence-corrected chi connectivity index (χ1v) is 8.19. The number of carbonyl (C=O) groups excluding carboxylic acids is 2. The standard InChI is InChI=1S/C17H19N3O2S/c1-2-11-20(13-15(21)19-17-18-10-12-23-17)16(22)9-8-14-6-4-3-5-7-14/h2-7,10,12H,1,8-9,11,13H2,(H,18,19,21). The van der Waals surface area contributed by atoms with Crippen molar-refractivity contribution in [3.63, 3.8) is 0 Å². The molecule has 0 fully saturated rings. The number of nitrogens with one attached hydrogen (secondary N) is 1. The van der Waals surface area contributed by atoms with E-state index in [0.717, 1.165) is 5.56 Å². The van der Waals surface area contributed by atoms with E-state index in [-0.39, 0.29) is 18.4 Å². The summed E-state index contributed by atoms with van der Waals surface area (Å²) in [5, 5.41) is 4.99. The third-order valence-corrected chi connectivity index (χ3v) is 3.87. The van der Waals surface area contributed by atoms with E-state index >= 15 is 0 Å². The van der Waals surface area contributed by atoms with Gasteiger partial charge in [-0.25, -0.2) is 4.98 Å². The number of amides is 2. The van der Waals surface area contributed by atoms with Crippen molar-refractivity contribution in [2.45, 2.75) is 12.8 Å². The molecule has 0 aliphatic heterocycles. The van der Waals surface area contributed by atoms with Gasteiger partial charge in [-0.1, -0.05) is 36.4 Å². The summed E-state index contributed by atoms with van der Waals surface area (Å²) in [4.78, 5) is 29.8. The second kappa shape index (κ2) is 8.85. The van der Waals surface area contributed by atoms with Gasteiger partial charge in [0.1, 0.15) is 6.54 Å². The second-order valence-electron chi connectivity index (χ2n) is 4.93. The van der Waals surface area contributed by atoms with Gasteiger partial charge in [0.15, 0.2) is 5.13 Å². The van der Waals surface area contributed by atoms with E-state index in [9.17, 15) is 9.59 Å². The summed E-state index contributed by atoms with van der Waals surface area (Å²) < 4.78 is 0. The molecule has 23 heavy (non-hydrogen) atoms. The third-order valence-electron chi connectivity index (χ3n) is 3.19. The number of hydrogen-bond acceptors (Lipinski definition) is 4. The maximum absolute atomic E-state index is 12.3. The summed E-state index contributed by atoms with van der Waals surface area (Å²) >= 11 is 1.34. The van der Waals surface area contributed by atoms with Gasteiger partial charge in [-0.2, -0.15) is 0 Å². The van der Waals surface area contributed by atoms with E-state index in [0.29, 0.717) is 24.5 Å². The average Bonchev–Trinajstić information content (AvgIpc) is 3.06. The van der Waals surface area contributed by atoms with E-state index in [4.69, 9.17) is 0 Å². The summed E-state index contributed by atoms with van der Waals surface area (Å²) in [7, 11) is 0. The number of aromatic nitrogens is 1. The van der Waals surface area contributed by atoms with E-state index in [1.54, 1.807) is 17.7 Å². The zero-order valence-electron chi connectivity index (χ0n) is 12.8. The van der Waals surface area contributed by atoms with Crippen LogP contribution >= 0.6 is 11.3 Å². The zero-order chi connectivity index (χ0) is 16.5. The van der Waals surface area contributed by atoms with Gasteiger partial charge in [0.2, 0.25) is 11.8 Å². The Balaban J connectivity index is 1.87. The molecule has 2 rings (SSSR count). The highest BCUT2D eigenvalue weighted by molar-refractivity contribution is 7.13. The lowest BCUT2D eigenvalue weighted by Crippen LogP contribution is -2.38. The molecule has 0 bridgehead atoms. The molecule has 0 saturated carbocycles. The van der Waals surface area contributed by atoms with E-state index in [1.165, 1.54) is 16.2 Å². The monoisotopic (exact) mass is 329 g/mol. The molecule has 1 aromatic carbocycles. The first-order chi connectivity index (χ1) is 11.2. The largest absolute Gasteiger partial charge is 0.330 e. The molecule has 0 spiro atoms. The number of benzene rings is 1. The highest BCUT2D eigenvalue weighted by Gasteiger charge is 2.16. The Hall–Kier alpha value is -2.47.